The molecule has 4 heteroatoms. The second kappa shape index (κ2) is 5.64. The molecule has 2 N–H and O–H groups in total. The van der Waals surface area contributed by atoms with Crippen molar-refractivity contribution in [1.29, 1.82) is 0 Å². The SMILES string of the molecule is O=C(NCC[C@@H](O)c1ccsc1)C12CC3CC(CC(C3)C1)C2. The summed E-state index contributed by atoms with van der Waals surface area (Å²) in [6, 6.07) is 1.95. The van der Waals surface area contributed by atoms with Gasteiger partial charge in [-0.05, 0) is 85.1 Å². The van der Waals surface area contributed by atoms with Crippen molar-refractivity contribution in [2.45, 2.75) is 51.0 Å². The number of thiophene rings is 1. The van der Waals surface area contributed by atoms with Gasteiger partial charge in [0.05, 0.1) is 6.10 Å². The first-order valence-electron chi connectivity index (χ1n) is 8.63. The van der Waals surface area contributed by atoms with E-state index in [1.807, 2.05) is 16.8 Å². The minimum atomic E-state index is -0.456. The van der Waals surface area contributed by atoms with Crippen molar-refractivity contribution in [3.05, 3.63) is 22.4 Å². The van der Waals surface area contributed by atoms with Gasteiger partial charge in [0, 0.05) is 12.0 Å². The molecular formula is C18H25NO2S. The lowest BCUT2D eigenvalue weighted by atomic mass is 9.49. The smallest absolute Gasteiger partial charge is 0.226 e. The molecule has 4 saturated carbocycles. The first kappa shape index (κ1) is 14.7. The molecule has 0 saturated heterocycles. The van der Waals surface area contributed by atoms with Crippen LogP contribution in [-0.2, 0) is 4.79 Å². The summed E-state index contributed by atoms with van der Waals surface area (Å²) in [4.78, 5) is 12.8. The number of aliphatic hydroxyl groups is 1. The van der Waals surface area contributed by atoms with E-state index in [-0.39, 0.29) is 11.3 Å². The van der Waals surface area contributed by atoms with Crippen LogP contribution in [-0.4, -0.2) is 17.6 Å². The molecule has 4 fully saturated rings. The van der Waals surface area contributed by atoms with E-state index in [1.165, 1.54) is 19.3 Å². The Bertz CT molecular complexity index is 504. The van der Waals surface area contributed by atoms with E-state index in [4.69, 9.17) is 0 Å². The van der Waals surface area contributed by atoms with Crippen LogP contribution < -0.4 is 5.32 Å². The Morgan fingerprint density at radius 1 is 1.27 bits per heavy atom. The average molecular weight is 319 g/mol. The number of hydrogen-bond donors (Lipinski definition) is 2. The Kier molecular flexibility index (Phi) is 3.77. The van der Waals surface area contributed by atoms with Gasteiger partial charge in [-0.25, -0.2) is 0 Å². The fourth-order valence-electron chi connectivity index (χ4n) is 5.53. The highest BCUT2D eigenvalue weighted by atomic mass is 32.1. The van der Waals surface area contributed by atoms with Crippen LogP contribution in [0.25, 0.3) is 0 Å². The number of aliphatic hydroxyl groups excluding tert-OH is 1. The molecule has 1 aromatic rings. The number of nitrogens with one attached hydrogen (secondary N) is 1. The fraction of sp³-hybridized carbons (Fsp3) is 0.722. The highest BCUT2D eigenvalue weighted by molar-refractivity contribution is 7.07. The van der Waals surface area contributed by atoms with Crippen LogP contribution in [0.4, 0.5) is 0 Å². The minimum Gasteiger partial charge on any atom is -0.388 e. The molecular weight excluding hydrogens is 294 g/mol. The molecule has 4 bridgehead atoms. The van der Waals surface area contributed by atoms with Crippen LogP contribution in [0.1, 0.15) is 56.6 Å². The second-order valence-electron chi connectivity index (χ2n) is 7.81. The number of carbonyl (C=O) groups excluding carboxylic acids is 1. The zero-order valence-corrected chi connectivity index (χ0v) is 13.8. The third-order valence-corrected chi connectivity index (χ3v) is 6.85. The third-order valence-electron chi connectivity index (χ3n) is 6.15. The quantitative estimate of drug-likeness (QED) is 0.872. The summed E-state index contributed by atoms with van der Waals surface area (Å²) in [6.45, 7) is 0.581. The van der Waals surface area contributed by atoms with E-state index in [9.17, 15) is 9.90 Å². The van der Waals surface area contributed by atoms with E-state index < -0.39 is 6.10 Å². The third kappa shape index (κ3) is 2.61. The zero-order valence-electron chi connectivity index (χ0n) is 13.0. The Morgan fingerprint density at radius 3 is 2.45 bits per heavy atom. The van der Waals surface area contributed by atoms with E-state index in [0.29, 0.717) is 13.0 Å². The first-order chi connectivity index (χ1) is 10.6. The number of hydrogen-bond acceptors (Lipinski definition) is 3. The van der Waals surface area contributed by atoms with Gasteiger partial charge in [0.2, 0.25) is 5.91 Å². The van der Waals surface area contributed by atoms with Crippen LogP contribution in [0.15, 0.2) is 16.8 Å². The number of carbonyl (C=O) groups is 1. The van der Waals surface area contributed by atoms with Crippen LogP contribution in [0.3, 0.4) is 0 Å². The van der Waals surface area contributed by atoms with Crippen LogP contribution in [0.2, 0.25) is 0 Å². The molecule has 1 aromatic heterocycles. The maximum atomic E-state index is 12.8. The number of rotatable bonds is 5. The predicted octanol–water partition coefficient (Wildman–Crippen LogP) is 3.50. The fourth-order valence-corrected chi connectivity index (χ4v) is 6.24. The lowest BCUT2D eigenvalue weighted by Gasteiger charge is -2.55. The molecule has 5 rings (SSSR count). The summed E-state index contributed by atoms with van der Waals surface area (Å²) in [5.41, 5.74) is 0.899. The molecule has 0 spiro atoms. The van der Waals surface area contributed by atoms with Crippen molar-refractivity contribution in [2.75, 3.05) is 6.54 Å². The van der Waals surface area contributed by atoms with E-state index >= 15 is 0 Å². The van der Waals surface area contributed by atoms with Gasteiger partial charge >= 0.3 is 0 Å². The topological polar surface area (TPSA) is 49.3 Å². The van der Waals surface area contributed by atoms with E-state index in [1.54, 1.807) is 11.3 Å². The predicted molar refractivity (Wildman–Crippen MR) is 87.5 cm³/mol. The summed E-state index contributed by atoms with van der Waals surface area (Å²) in [5, 5.41) is 17.2. The van der Waals surface area contributed by atoms with Gasteiger partial charge in [0.15, 0.2) is 0 Å². The van der Waals surface area contributed by atoms with Gasteiger partial charge in [0.1, 0.15) is 0 Å². The summed E-state index contributed by atoms with van der Waals surface area (Å²) in [7, 11) is 0. The monoisotopic (exact) mass is 319 g/mol. The molecule has 3 nitrogen and oxygen atoms in total. The van der Waals surface area contributed by atoms with Gasteiger partial charge in [-0.15, -0.1) is 0 Å². The maximum Gasteiger partial charge on any atom is 0.226 e. The molecule has 1 heterocycles. The van der Waals surface area contributed by atoms with Crippen molar-refractivity contribution in [3.8, 4) is 0 Å². The molecule has 4 aliphatic carbocycles. The molecule has 1 atom stereocenters. The average Bonchev–Trinajstić information content (AvgIpc) is 2.99. The van der Waals surface area contributed by atoms with Crippen LogP contribution in [0, 0.1) is 23.2 Å². The number of amides is 1. The highest BCUT2D eigenvalue weighted by Crippen LogP contribution is 2.60. The van der Waals surface area contributed by atoms with E-state index in [0.717, 1.165) is 42.6 Å². The molecule has 1 amide bonds. The lowest BCUT2D eigenvalue weighted by Crippen LogP contribution is -2.53. The van der Waals surface area contributed by atoms with Crippen molar-refractivity contribution in [3.63, 3.8) is 0 Å². The van der Waals surface area contributed by atoms with Crippen LogP contribution in [0.5, 0.6) is 0 Å². The summed E-state index contributed by atoms with van der Waals surface area (Å²) < 4.78 is 0. The summed E-state index contributed by atoms with van der Waals surface area (Å²) in [6.07, 6.45) is 7.57. The van der Waals surface area contributed by atoms with Gasteiger partial charge < -0.3 is 10.4 Å². The molecule has 4 aliphatic rings. The Hall–Kier alpha value is -0.870. The summed E-state index contributed by atoms with van der Waals surface area (Å²) in [5.74, 6) is 2.67. The van der Waals surface area contributed by atoms with Gasteiger partial charge in [-0.1, -0.05) is 0 Å². The van der Waals surface area contributed by atoms with Crippen molar-refractivity contribution >= 4 is 17.2 Å². The van der Waals surface area contributed by atoms with Gasteiger partial charge in [0.25, 0.3) is 0 Å². The summed E-state index contributed by atoms with van der Waals surface area (Å²) >= 11 is 1.60. The van der Waals surface area contributed by atoms with Gasteiger partial charge in [-0.3, -0.25) is 4.79 Å². The highest BCUT2D eigenvalue weighted by Gasteiger charge is 2.54. The molecule has 0 radical (unpaired) electrons. The van der Waals surface area contributed by atoms with Crippen molar-refractivity contribution < 1.29 is 9.90 Å². The van der Waals surface area contributed by atoms with Crippen LogP contribution >= 0.6 is 11.3 Å². The Labute approximate surface area is 136 Å². The maximum absolute atomic E-state index is 12.8. The molecule has 0 aliphatic heterocycles. The minimum absolute atomic E-state index is 0.0674. The van der Waals surface area contributed by atoms with Crippen molar-refractivity contribution in [1.82, 2.24) is 5.32 Å². The standard InChI is InChI=1S/C18H25NO2S/c20-16(15-2-4-22-11-15)1-3-19-17(21)18-8-12-5-13(9-18)7-14(6-12)10-18/h2,4,11-14,16,20H,1,3,5-10H2,(H,19,21)/t12?,13?,14?,16-,18?/m1/s1. The lowest BCUT2D eigenvalue weighted by molar-refractivity contribution is -0.146. The van der Waals surface area contributed by atoms with E-state index in [2.05, 4.69) is 5.32 Å². The Morgan fingerprint density at radius 2 is 1.91 bits per heavy atom. The second-order valence-corrected chi connectivity index (χ2v) is 8.59. The van der Waals surface area contributed by atoms with Gasteiger partial charge in [-0.2, -0.15) is 11.3 Å². The first-order valence-corrected chi connectivity index (χ1v) is 9.57. The molecule has 120 valence electrons. The normalized spacial score (nSPS) is 37.2. The molecule has 0 unspecified atom stereocenters. The molecule has 0 aromatic carbocycles. The Balaban J connectivity index is 1.33. The zero-order chi connectivity index (χ0) is 15.2. The van der Waals surface area contributed by atoms with Crippen molar-refractivity contribution in [2.24, 2.45) is 23.2 Å². The molecule has 22 heavy (non-hydrogen) atoms. The largest absolute Gasteiger partial charge is 0.388 e.